The van der Waals surface area contributed by atoms with Gasteiger partial charge in [-0.3, -0.25) is 0 Å². The molecule has 0 aliphatic carbocycles. The molecule has 0 heterocycles. The quantitative estimate of drug-likeness (QED) is 0.868. The number of hydrogen-bond donors (Lipinski definition) is 2. The van der Waals surface area contributed by atoms with Crippen LogP contribution in [-0.2, 0) is 0 Å². The predicted octanol–water partition coefficient (Wildman–Crippen LogP) is 4.45. The maximum absolute atomic E-state index is 10.8. The van der Waals surface area contributed by atoms with Crippen molar-refractivity contribution in [2.75, 3.05) is 5.32 Å². The average molecular weight is 332 g/mol. The van der Waals surface area contributed by atoms with Crippen molar-refractivity contribution in [3.05, 3.63) is 69.3 Å². The number of carboxylic acid groups (broad SMARTS) is 1. The minimum absolute atomic E-state index is 0.205. The van der Waals surface area contributed by atoms with E-state index in [1.807, 2.05) is 6.07 Å². The number of nitrogens with zero attached hydrogens (tertiary/aromatic N) is 1. The molecule has 2 N–H and O–H groups in total. The number of nitriles is 1. The molecule has 0 aliphatic heterocycles. The van der Waals surface area contributed by atoms with Crippen LogP contribution in [0.3, 0.4) is 0 Å². The summed E-state index contributed by atoms with van der Waals surface area (Å²) in [4.78, 5) is 10.8. The van der Waals surface area contributed by atoms with E-state index in [-0.39, 0.29) is 16.1 Å². The van der Waals surface area contributed by atoms with Crippen molar-refractivity contribution in [1.29, 1.82) is 5.26 Å². The molecule has 0 unspecified atom stereocenters. The second kappa shape index (κ2) is 6.99. The van der Waals surface area contributed by atoms with Gasteiger partial charge in [-0.05, 0) is 36.4 Å². The zero-order chi connectivity index (χ0) is 16.1. The Labute approximate surface area is 137 Å². The van der Waals surface area contributed by atoms with Crippen LogP contribution in [0.1, 0.15) is 21.5 Å². The number of rotatable bonds is 4. The van der Waals surface area contributed by atoms with Gasteiger partial charge in [0.15, 0.2) is 0 Å². The molecule has 1 radical (unpaired) electrons. The molecule has 0 aromatic heterocycles. The van der Waals surface area contributed by atoms with Crippen molar-refractivity contribution in [2.24, 2.45) is 0 Å². The van der Waals surface area contributed by atoms with Crippen molar-refractivity contribution in [3.8, 4) is 6.07 Å². The van der Waals surface area contributed by atoms with Gasteiger partial charge in [-0.2, -0.15) is 5.26 Å². The summed E-state index contributed by atoms with van der Waals surface area (Å²) in [5.74, 6) is -0.982. The van der Waals surface area contributed by atoms with E-state index in [1.54, 1.807) is 24.4 Å². The monoisotopic (exact) mass is 331 g/mol. The van der Waals surface area contributed by atoms with Gasteiger partial charge in [0.05, 0.1) is 21.2 Å². The van der Waals surface area contributed by atoms with Gasteiger partial charge in [0.1, 0.15) is 6.07 Å². The number of carboxylic acids is 1. The summed E-state index contributed by atoms with van der Waals surface area (Å²) in [5.41, 5.74) is 1.66. The lowest BCUT2D eigenvalue weighted by Crippen LogP contribution is -1.96. The summed E-state index contributed by atoms with van der Waals surface area (Å²) >= 11 is 11.8. The lowest BCUT2D eigenvalue weighted by atomic mass is 10.1. The first-order valence-corrected chi connectivity index (χ1v) is 6.84. The average Bonchev–Trinajstić information content (AvgIpc) is 2.49. The fourth-order valence-corrected chi connectivity index (χ4v) is 2.24. The highest BCUT2D eigenvalue weighted by atomic mass is 35.5. The normalized spacial score (nSPS) is 10.4. The van der Waals surface area contributed by atoms with E-state index in [1.165, 1.54) is 18.2 Å². The molecule has 0 amide bonds. The first kappa shape index (κ1) is 15.9. The van der Waals surface area contributed by atoms with Gasteiger partial charge in [0.25, 0.3) is 0 Å². The Hall–Kier alpha value is -2.48. The van der Waals surface area contributed by atoms with Crippen LogP contribution in [-0.4, -0.2) is 11.1 Å². The van der Waals surface area contributed by atoms with Crippen LogP contribution in [0.5, 0.6) is 0 Å². The van der Waals surface area contributed by atoms with Crippen LogP contribution in [0.15, 0.2) is 36.5 Å². The van der Waals surface area contributed by atoms with Crippen molar-refractivity contribution < 1.29 is 9.90 Å². The van der Waals surface area contributed by atoms with Gasteiger partial charge >= 0.3 is 5.97 Å². The Morgan fingerprint density at radius 1 is 1.32 bits per heavy atom. The Kier molecular flexibility index (Phi) is 5.05. The summed E-state index contributed by atoms with van der Waals surface area (Å²) in [6, 6.07) is 12.4. The van der Waals surface area contributed by atoms with Crippen molar-refractivity contribution in [1.82, 2.24) is 0 Å². The lowest BCUT2D eigenvalue weighted by Gasteiger charge is -2.04. The standard InChI is InChI=1S/C16H9Cl2N2O2/c17-12-7-11(9-19)14(15(18)8-12)5-6-20-13-3-1-10(2-4-13)16(21)22/h1-6,8,20H,(H,21,22). The van der Waals surface area contributed by atoms with Gasteiger partial charge in [-0.25, -0.2) is 4.79 Å². The molecule has 0 aliphatic rings. The molecule has 2 rings (SSSR count). The minimum atomic E-state index is -0.982. The Morgan fingerprint density at radius 2 is 2.00 bits per heavy atom. The van der Waals surface area contributed by atoms with Crippen LogP contribution < -0.4 is 5.32 Å². The highest BCUT2D eigenvalue weighted by molar-refractivity contribution is 6.35. The molecule has 0 fully saturated rings. The number of aromatic carboxylic acids is 1. The number of hydrogen-bond acceptors (Lipinski definition) is 3. The van der Waals surface area contributed by atoms with Crippen molar-refractivity contribution in [2.45, 2.75) is 0 Å². The molecule has 22 heavy (non-hydrogen) atoms. The predicted molar refractivity (Wildman–Crippen MR) is 86.1 cm³/mol. The lowest BCUT2D eigenvalue weighted by molar-refractivity contribution is 0.0697. The zero-order valence-electron chi connectivity index (χ0n) is 11.1. The number of anilines is 1. The van der Waals surface area contributed by atoms with E-state index in [4.69, 9.17) is 33.6 Å². The largest absolute Gasteiger partial charge is 0.478 e. The minimum Gasteiger partial charge on any atom is -0.478 e. The van der Waals surface area contributed by atoms with Crippen LogP contribution >= 0.6 is 23.2 Å². The molecule has 2 aromatic carbocycles. The second-order valence-corrected chi connectivity index (χ2v) is 5.04. The molecule has 4 nitrogen and oxygen atoms in total. The van der Waals surface area contributed by atoms with Crippen LogP contribution in [0.4, 0.5) is 5.69 Å². The van der Waals surface area contributed by atoms with E-state index in [2.05, 4.69) is 11.4 Å². The molecule has 0 bridgehead atoms. The van der Waals surface area contributed by atoms with Crippen LogP contribution in [0.2, 0.25) is 10.0 Å². The number of halogens is 2. The molecule has 0 spiro atoms. The highest BCUT2D eigenvalue weighted by Gasteiger charge is 2.06. The molecule has 109 valence electrons. The fourth-order valence-electron chi connectivity index (χ4n) is 1.71. The second-order valence-electron chi connectivity index (χ2n) is 4.23. The third-order valence-corrected chi connectivity index (χ3v) is 3.28. The summed E-state index contributed by atoms with van der Waals surface area (Å²) in [6.07, 6.45) is 3.22. The van der Waals surface area contributed by atoms with Crippen molar-refractivity contribution >= 4 is 40.9 Å². The first-order valence-electron chi connectivity index (χ1n) is 6.09. The van der Waals surface area contributed by atoms with E-state index >= 15 is 0 Å². The maximum Gasteiger partial charge on any atom is 0.335 e. The highest BCUT2D eigenvalue weighted by Crippen LogP contribution is 2.25. The van der Waals surface area contributed by atoms with Gasteiger partial charge in [-0.15, -0.1) is 0 Å². The zero-order valence-corrected chi connectivity index (χ0v) is 12.6. The third kappa shape index (κ3) is 3.79. The summed E-state index contributed by atoms with van der Waals surface area (Å²) in [7, 11) is 0. The van der Waals surface area contributed by atoms with Crippen LogP contribution in [0, 0.1) is 17.4 Å². The van der Waals surface area contributed by atoms with Gasteiger partial charge < -0.3 is 10.4 Å². The first-order chi connectivity index (χ1) is 10.5. The van der Waals surface area contributed by atoms with Crippen molar-refractivity contribution in [3.63, 3.8) is 0 Å². The third-order valence-electron chi connectivity index (χ3n) is 2.77. The molecule has 2 aromatic rings. The summed E-state index contributed by atoms with van der Waals surface area (Å²) in [5, 5.41) is 21.5. The maximum atomic E-state index is 10.8. The van der Waals surface area contributed by atoms with Crippen LogP contribution in [0.25, 0.3) is 6.08 Å². The fraction of sp³-hybridized carbons (Fsp3) is 0. The molecule has 0 saturated carbocycles. The Balaban J connectivity index is 2.16. The smallest absolute Gasteiger partial charge is 0.335 e. The molecular weight excluding hydrogens is 323 g/mol. The van der Waals surface area contributed by atoms with Gasteiger partial charge in [-0.1, -0.05) is 23.2 Å². The summed E-state index contributed by atoms with van der Waals surface area (Å²) in [6.45, 7) is 0. The molecule has 0 atom stereocenters. The van der Waals surface area contributed by atoms with E-state index in [0.717, 1.165) is 0 Å². The topological polar surface area (TPSA) is 73.1 Å². The molecule has 6 heteroatoms. The number of carbonyl (C=O) groups is 1. The van der Waals surface area contributed by atoms with Gasteiger partial charge in [0, 0.05) is 23.5 Å². The summed E-state index contributed by atoms with van der Waals surface area (Å²) < 4.78 is 0. The van der Waals surface area contributed by atoms with E-state index < -0.39 is 5.97 Å². The number of nitrogens with one attached hydrogen (secondary N) is 1. The Morgan fingerprint density at radius 3 is 2.59 bits per heavy atom. The molecular formula is C16H9Cl2N2O2. The molecule has 0 saturated heterocycles. The van der Waals surface area contributed by atoms with E-state index in [9.17, 15) is 4.79 Å². The SMILES string of the molecule is N#Cc1[c]c(Cl)cc(Cl)c1C=CNc1ccc(C(=O)O)cc1. The van der Waals surface area contributed by atoms with E-state index in [0.29, 0.717) is 16.3 Å². The van der Waals surface area contributed by atoms with Gasteiger partial charge in [0.2, 0.25) is 0 Å². The number of benzene rings is 2. The Bertz CT molecular complexity index is 778.